The number of unbranched alkanes of at least 4 members (excludes halogenated alkanes) is 1. The summed E-state index contributed by atoms with van der Waals surface area (Å²) in [6.07, 6.45) is -5.60. The molecule has 28 N–H and O–H groups in total. The Kier molecular flexibility index (Phi) is 42.7. The maximum absolute atomic E-state index is 14.4. The van der Waals surface area contributed by atoms with Crippen molar-refractivity contribution >= 4 is 112 Å². The van der Waals surface area contributed by atoms with E-state index in [0.717, 1.165) is 6.92 Å². The van der Waals surface area contributed by atoms with Gasteiger partial charge in [0.15, 0.2) is 0 Å². The number of aromatic hydroxyl groups is 1. The lowest BCUT2D eigenvalue weighted by molar-refractivity contribution is -0.142. The van der Waals surface area contributed by atoms with Crippen LogP contribution in [0, 0.1) is 11.8 Å². The van der Waals surface area contributed by atoms with Gasteiger partial charge in [-0.25, -0.2) is 4.79 Å². The topological polar surface area (TPSA) is 730 Å². The first-order chi connectivity index (χ1) is 55.1. The first kappa shape index (κ1) is 99.2. The van der Waals surface area contributed by atoms with E-state index in [4.69, 9.17) is 28.0 Å². The third-order valence-electron chi connectivity index (χ3n) is 18.4. The number of aliphatic hydroxyl groups is 3. The van der Waals surface area contributed by atoms with Crippen LogP contribution in [0.2, 0.25) is 0 Å². The van der Waals surface area contributed by atoms with E-state index in [1.54, 1.807) is 58.0 Å². The van der Waals surface area contributed by atoms with E-state index in [0.29, 0.717) is 24.8 Å². The highest BCUT2D eigenvalue weighted by molar-refractivity contribution is 6.01. The highest BCUT2D eigenvalue weighted by atomic mass is 16.4. The normalized spacial score (nSPS) is 16.0. The number of likely N-dealkylation sites (tertiary alicyclic amines) is 1. The number of nitrogens with one attached hydrogen (secondary N) is 13. The summed E-state index contributed by atoms with van der Waals surface area (Å²) in [6, 6.07) is -8.63. The first-order valence-electron chi connectivity index (χ1n) is 37.7. The lowest BCUT2D eigenvalue weighted by Crippen LogP contribution is -2.62. The number of nitrogens with two attached hydrogens (primary N) is 4. The number of phenols is 1. The number of hydrogen-bond donors (Lipinski definition) is 24. The predicted molar refractivity (Wildman–Crippen MR) is 409 cm³/mol. The number of carbonyl (C=O) groups is 19. The predicted octanol–water partition coefficient (Wildman–Crippen LogP) is -8.79. The summed E-state index contributed by atoms with van der Waals surface area (Å²) in [7, 11) is 0. The minimum absolute atomic E-state index is 0.0622. The average molecular weight is 1660 g/mol. The number of aliphatic hydroxyl groups excluding tert-OH is 3. The van der Waals surface area contributed by atoms with Crippen molar-refractivity contribution in [2.45, 2.75) is 216 Å². The van der Waals surface area contributed by atoms with Crippen LogP contribution in [0.3, 0.4) is 0 Å². The second-order valence-electron chi connectivity index (χ2n) is 28.4. The minimum Gasteiger partial charge on any atom is -0.508 e. The molecule has 2 aromatic rings. The van der Waals surface area contributed by atoms with Gasteiger partial charge in [-0.15, -0.1) is 0 Å². The number of aliphatic carboxylic acids is 3. The van der Waals surface area contributed by atoms with Gasteiger partial charge in [-0.2, -0.15) is 0 Å². The molecule has 0 saturated carbocycles. The zero-order valence-electron chi connectivity index (χ0n) is 65.4. The molecule has 117 heavy (non-hydrogen) atoms. The molecule has 0 aliphatic carbocycles. The number of nitrogens with zero attached hydrogens (tertiary/aromatic N) is 1. The fourth-order valence-corrected chi connectivity index (χ4v) is 11.8. The van der Waals surface area contributed by atoms with Crippen LogP contribution in [0.5, 0.6) is 5.75 Å². The number of phenolic OH excluding ortho intramolecular Hbond substituents is 1. The van der Waals surface area contributed by atoms with Gasteiger partial charge in [-0.05, 0) is 99.9 Å². The molecular weight excluding hydrogens is 1540 g/mol. The molecule has 44 heteroatoms. The molecule has 0 bridgehead atoms. The number of hydrogen-bond acceptors (Lipinski definition) is 25. The summed E-state index contributed by atoms with van der Waals surface area (Å²) in [4.78, 5) is 254. The largest absolute Gasteiger partial charge is 0.508 e. The Hall–Kier alpha value is -12.0. The van der Waals surface area contributed by atoms with Gasteiger partial charge >= 0.3 is 17.9 Å². The van der Waals surface area contributed by atoms with Crippen LogP contribution in [-0.2, 0) is 104 Å². The molecule has 2 aromatic carbocycles. The molecule has 0 radical (unpaired) electrons. The van der Waals surface area contributed by atoms with E-state index in [2.05, 4.69) is 63.8 Å². The van der Waals surface area contributed by atoms with Crippen molar-refractivity contribution in [1.29, 1.82) is 0 Å². The van der Waals surface area contributed by atoms with Gasteiger partial charge in [0, 0.05) is 32.2 Å². The Bertz CT molecular complexity index is 3800. The van der Waals surface area contributed by atoms with E-state index >= 15 is 0 Å². The van der Waals surface area contributed by atoms with Crippen LogP contribution in [0.15, 0.2) is 54.6 Å². The molecule has 3 rings (SSSR count). The lowest BCUT2D eigenvalue weighted by Gasteiger charge is -2.31. The summed E-state index contributed by atoms with van der Waals surface area (Å²) in [5, 5.41) is 99.3. The van der Waals surface area contributed by atoms with E-state index in [9.17, 15) is 122 Å². The van der Waals surface area contributed by atoms with Crippen LogP contribution in [0.25, 0.3) is 0 Å². The molecule has 648 valence electrons. The van der Waals surface area contributed by atoms with Crippen LogP contribution in [0.4, 0.5) is 0 Å². The van der Waals surface area contributed by atoms with Gasteiger partial charge in [0.25, 0.3) is 0 Å². The minimum atomic E-state index is -2.13. The van der Waals surface area contributed by atoms with Crippen LogP contribution < -0.4 is 92.1 Å². The van der Waals surface area contributed by atoms with E-state index < -0.39 is 268 Å². The number of primary amides is 2. The molecule has 0 spiro atoms. The van der Waals surface area contributed by atoms with Crippen molar-refractivity contribution in [3.05, 3.63) is 65.7 Å². The molecule has 15 atom stereocenters. The molecule has 1 aliphatic rings. The number of carbonyl (C=O) groups excluding carboxylic acids is 16. The number of rotatable bonds is 53. The zero-order valence-corrected chi connectivity index (χ0v) is 65.4. The van der Waals surface area contributed by atoms with Crippen molar-refractivity contribution < 1.29 is 127 Å². The molecule has 1 saturated heterocycles. The maximum Gasteiger partial charge on any atom is 0.326 e. The highest BCUT2D eigenvalue weighted by Gasteiger charge is 2.42. The Morgan fingerprint density at radius 3 is 1.44 bits per heavy atom. The summed E-state index contributed by atoms with van der Waals surface area (Å²) >= 11 is 0. The Balaban J connectivity index is 1.75. The lowest BCUT2D eigenvalue weighted by atomic mass is 9.96. The molecule has 1 heterocycles. The highest BCUT2D eigenvalue weighted by Crippen LogP contribution is 2.22. The maximum atomic E-state index is 14.4. The third kappa shape index (κ3) is 35.3. The number of carboxylic acids is 3. The first-order valence-corrected chi connectivity index (χ1v) is 37.7. The average Bonchev–Trinajstić information content (AvgIpc) is 1.70. The number of benzene rings is 2. The van der Waals surface area contributed by atoms with Gasteiger partial charge in [0.05, 0.1) is 51.3 Å². The molecule has 1 aliphatic heterocycles. The second-order valence-corrected chi connectivity index (χ2v) is 28.4. The van der Waals surface area contributed by atoms with E-state index in [-0.39, 0.29) is 68.8 Å². The Morgan fingerprint density at radius 1 is 0.487 bits per heavy atom. The number of amides is 16. The van der Waals surface area contributed by atoms with Crippen LogP contribution >= 0.6 is 0 Å². The van der Waals surface area contributed by atoms with Crippen molar-refractivity contribution in [1.82, 2.24) is 74.0 Å². The van der Waals surface area contributed by atoms with Crippen molar-refractivity contribution in [2.24, 2.45) is 34.8 Å². The smallest absolute Gasteiger partial charge is 0.326 e. The van der Waals surface area contributed by atoms with Crippen molar-refractivity contribution in [3.63, 3.8) is 0 Å². The molecular formula is C73H110N18O26. The standard InChI is InChI=1S/C73H110N18O26/c1-6-37(4)59(89-61(104)42(75)21-23-57(100)101)70(113)87-48(27-36(2)3)72(115)91-26-12-16-52(91)69(112)79-33-56(99)80-50(34-92)62(105)78-32-55(98)81-51(35-93)68(111)90-60(38(5)94)71(114)86-47(31-54(77)97)67(110)84-45(28-40-17-19-41(95)20-18-40)65(108)85-46(30-53(76)96)66(109)83-44(22-24-58(102)103)64(107)82-43(15-10-11-25-74)63(106)88-49(73(116)117)29-39-13-8-7-9-14-39/h7-9,13-14,17-20,36-38,42-52,59-60,92-95H,6,10-12,15-16,21-35,74-75H2,1-5H3,(H2,76,96)(H2,77,97)(H,78,105)(H,79,112)(H,80,99)(H,81,98)(H,82,107)(H,83,109)(H,84,110)(H,85,108)(H,86,114)(H,87,113)(H,88,106)(H,89,104)(H,90,111)(H,100,101)(H,102,103)(H,116,117)/t37-,38+,42-,43-,44-,45-,46-,47-,48-,49-,50-,51-,52-,59-,60-/m0/s1. The summed E-state index contributed by atoms with van der Waals surface area (Å²) in [5.74, 6) is -23.2. The van der Waals surface area contributed by atoms with Gasteiger partial charge in [0.1, 0.15) is 78.3 Å². The SMILES string of the molecule is CC[C@H](C)[C@H](NC(=O)[C@@H](N)CCC(=O)O)C(=O)N[C@@H](CC(C)C)C(=O)N1CCC[C@H]1C(=O)NCC(=O)N[C@@H](CO)C(=O)NCC(=O)N[C@@H](CO)C(=O)N[C@H](C(=O)N[C@@H](CC(N)=O)C(=O)N[C@@H](Cc1ccc(O)cc1)C(=O)N[C@@H](CC(N)=O)C(=O)N[C@@H](CCC(=O)O)C(=O)N[C@@H](CCCCN)C(=O)N[C@@H](Cc1ccccc1)C(=O)O)[C@@H](C)O. The van der Waals surface area contributed by atoms with Crippen molar-refractivity contribution in [2.75, 3.05) is 39.4 Å². The second kappa shape index (κ2) is 50.3. The van der Waals surface area contributed by atoms with Crippen LogP contribution in [0.1, 0.15) is 129 Å². The van der Waals surface area contributed by atoms with Crippen molar-refractivity contribution in [3.8, 4) is 5.75 Å². The van der Waals surface area contributed by atoms with E-state index in [1.807, 2.05) is 5.32 Å². The summed E-state index contributed by atoms with van der Waals surface area (Å²) < 4.78 is 0. The monoisotopic (exact) mass is 1650 g/mol. The Morgan fingerprint density at radius 2 is 0.932 bits per heavy atom. The van der Waals surface area contributed by atoms with E-state index in [1.165, 1.54) is 29.2 Å². The van der Waals surface area contributed by atoms with Gasteiger partial charge in [-0.3, -0.25) is 86.3 Å². The molecule has 0 aromatic heterocycles. The number of carboxylic acid groups (broad SMARTS) is 3. The molecule has 16 amide bonds. The van der Waals surface area contributed by atoms with Gasteiger partial charge in [-0.1, -0.05) is 76.6 Å². The third-order valence-corrected chi connectivity index (χ3v) is 18.4. The Labute approximate surface area is 672 Å². The molecule has 1 fully saturated rings. The zero-order chi connectivity index (χ0) is 87.9. The van der Waals surface area contributed by atoms with Gasteiger partial charge < -0.3 is 133 Å². The fraction of sp³-hybridized carbons (Fsp3) is 0.575. The quantitative estimate of drug-likeness (QED) is 0.0274. The van der Waals surface area contributed by atoms with Crippen LogP contribution in [-0.4, -0.2) is 277 Å². The summed E-state index contributed by atoms with van der Waals surface area (Å²) in [5.41, 5.74) is 23.2. The summed E-state index contributed by atoms with van der Waals surface area (Å²) in [6.45, 7) is 3.98. The fourth-order valence-electron chi connectivity index (χ4n) is 11.8. The van der Waals surface area contributed by atoms with Gasteiger partial charge in [0.2, 0.25) is 94.5 Å². The molecule has 44 nitrogen and oxygen atoms in total. The molecule has 0 unspecified atom stereocenters.